The van der Waals surface area contributed by atoms with Gasteiger partial charge in [-0.1, -0.05) is 53.8 Å². The largest absolute Gasteiger partial charge is 0.278 e. The zero-order valence-corrected chi connectivity index (χ0v) is 9.55. The summed E-state index contributed by atoms with van der Waals surface area (Å²) in [4.78, 5) is 0. The zero-order valence-electron chi connectivity index (χ0n) is 7.16. The maximum Gasteiger partial charge on any atom is 0.182 e. The molecular weight excluding hydrogens is 236 g/mol. The van der Waals surface area contributed by atoms with Gasteiger partial charge in [0.1, 0.15) is 4.32 Å². The second kappa shape index (κ2) is 5.86. The molecule has 0 fully saturated rings. The van der Waals surface area contributed by atoms with E-state index in [4.69, 9.17) is 29.1 Å². The molecule has 0 aliphatic heterocycles. The van der Waals surface area contributed by atoms with E-state index in [1.165, 1.54) is 11.8 Å². The van der Waals surface area contributed by atoms with Crippen LogP contribution in [0.2, 0.25) is 5.02 Å². The van der Waals surface area contributed by atoms with Gasteiger partial charge in [-0.3, -0.25) is 5.32 Å². The van der Waals surface area contributed by atoms with E-state index in [1.807, 2.05) is 24.3 Å². The van der Waals surface area contributed by atoms with E-state index in [-0.39, 0.29) is 0 Å². The van der Waals surface area contributed by atoms with Crippen molar-refractivity contribution in [1.29, 1.82) is 5.26 Å². The van der Waals surface area contributed by atoms with Crippen molar-refractivity contribution in [2.45, 2.75) is 5.75 Å². The van der Waals surface area contributed by atoms with Gasteiger partial charge in [-0.25, -0.2) is 0 Å². The number of hydrogen-bond acceptors (Lipinski definition) is 3. The van der Waals surface area contributed by atoms with Gasteiger partial charge in [-0.15, -0.1) is 0 Å². The number of rotatable bonds is 2. The highest BCUT2D eigenvalue weighted by Crippen LogP contribution is 2.20. The smallest absolute Gasteiger partial charge is 0.182 e. The minimum atomic E-state index is 0.465. The Balaban J connectivity index is 2.51. The number of nitriles is 1. The quantitative estimate of drug-likeness (QED) is 0.492. The van der Waals surface area contributed by atoms with Crippen LogP contribution < -0.4 is 5.32 Å². The van der Waals surface area contributed by atoms with Crippen LogP contribution in [-0.4, -0.2) is 4.32 Å². The van der Waals surface area contributed by atoms with Crippen molar-refractivity contribution in [2.75, 3.05) is 0 Å². The van der Waals surface area contributed by atoms with Gasteiger partial charge in [0.15, 0.2) is 6.19 Å². The first-order chi connectivity index (χ1) is 6.74. The van der Waals surface area contributed by atoms with Crippen LogP contribution in [0, 0.1) is 11.5 Å². The molecule has 0 saturated heterocycles. The van der Waals surface area contributed by atoms with Crippen LogP contribution in [0.15, 0.2) is 24.3 Å². The third-order valence-corrected chi connectivity index (χ3v) is 3.12. The fraction of sp³-hybridized carbons (Fsp3) is 0.111. The van der Waals surface area contributed by atoms with Crippen LogP contribution in [-0.2, 0) is 5.75 Å². The normalized spacial score (nSPS) is 9.14. The van der Waals surface area contributed by atoms with Gasteiger partial charge in [0.25, 0.3) is 0 Å². The van der Waals surface area contributed by atoms with Crippen molar-refractivity contribution >= 4 is 39.9 Å². The summed E-state index contributed by atoms with van der Waals surface area (Å²) in [6, 6.07) is 7.56. The molecule has 1 N–H and O–H groups in total. The van der Waals surface area contributed by atoms with Crippen LogP contribution in [0.25, 0.3) is 0 Å². The lowest BCUT2D eigenvalue weighted by Gasteiger charge is -2.02. The Kier molecular flexibility index (Phi) is 4.74. The minimum Gasteiger partial charge on any atom is -0.278 e. The first kappa shape index (κ1) is 11.3. The molecule has 0 aliphatic carbocycles. The van der Waals surface area contributed by atoms with Crippen molar-refractivity contribution in [3.8, 4) is 6.19 Å². The first-order valence-electron chi connectivity index (χ1n) is 3.79. The van der Waals surface area contributed by atoms with Crippen LogP contribution in [0.4, 0.5) is 0 Å². The topological polar surface area (TPSA) is 35.8 Å². The molecule has 0 atom stereocenters. The van der Waals surface area contributed by atoms with Crippen LogP contribution >= 0.6 is 35.6 Å². The van der Waals surface area contributed by atoms with Gasteiger partial charge >= 0.3 is 0 Å². The zero-order chi connectivity index (χ0) is 10.4. The first-order valence-corrected chi connectivity index (χ1v) is 5.56. The Morgan fingerprint density at radius 3 is 2.93 bits per heavy atom. The number of hydrogen-bond donors (Lipinski definition) is 1. The Morgan fingerprint density at radius 2 is 2.29 bits per heavy atom. The highest BCUT2D eigenvalue weighted by Gasteiger charge is 2.01. The molecule has 0 bridgehead atoms. The van der Waals surface area contributed by atoms with Crippen molar-refractivity contribution in [2.24, 2.45) is 0 Å². The van der Waals surface area contributed by atoms with Crippen molar-refractivity contribution in [3.63, 3.8) is 0 Å². The number of thiocarbonyl (C=S) groups is 1. The average Bonchev–Trinajstić information content (AvgIpc) is 2.17. The van der Waals surface area contributed by atoms with E-state index in [0.29, 0.717) is 10.1 Å². The molecule has 0 aliphatic rings. The molecule has 1 aromatic carbocycles. The van der Waals surface area contributed by atoms with Gasteiger partial charge in [-0.2, -0.15) is 5.26 Å². The lowest BCUT2D eigenvalue weighted by molar-refractivity contribution is 1.31. The Labute approximate surface area is 97.3 Å². The predicted octanol–water partition coefficient (Wildman–Crippen LogP) is 2.93. The SMILES string of the molecule is N#CNC(=S)SCc1ccccc1Cl. The summed E-state index contributed by atoms with van der Waals surface area (Å²) in [7, 11) is 0. The Morgan fingerprint density at radius 1 is 1.57 bits per heavy atom. The number of nitrogens with zero attached hydrogens (tertiary/aromatic N) is 1. The van der Waals surface area contributed by atoms with E-state index in [2.05, 4.69) is 5.32 Å². The maximum absolute atomic E-state index is 8.30. The molecule has 72 valence electrons. The van der Waals surface area contributed by atoms with Crippen molar-refractivity contribution in [3.05, 3.63) is 34.9 Å². The number of benzene rings is 1. The highest BCUT2D eigenvalue weighted by molar-refractivity contribution is 8.22. The molecule has 14 heavy (non-hydrogen) atoms. The third-order valence-electron chi connectivity index (χ3n) is 1.47. The van der Waals surface area contributed by atoms with E-state index in [0.717, 1.165) is 10.6 Å². The lowest BCUT2D eigenvalue weighted by Crippen LogP contribution is -2.10. The van der Waals surface area contributed by atoms with E-state index >= 15 is 0 Å². The monoisotopic (exact) mass is 242 g/mol. The predicted molar refractivity (Wildman–Crippen MR) is 64.1 cm³/mol. The van der Waals surface area contributed by atoms with Crippen LogP contribution in [0.3, 0.4) is 0 Å². The molecule has 1 rings (SSSR count). The summed E-state index contributed by atoms with van der Waals surface area (Å²) in [5.74, 6) is 0.674. The lowest BCUT2D eigenvalue weighted by atomic mass is 10.2. The standard InChI is InChI=1S/C9H7ClN2S2/c10-8-4-2-1-3-7(8)5-14-9(13)12-6-11/h1-4H,5H2,(H,12,13). The summed E-state index contributed by atoms with van der Waals surface area (Å²) in [6.45, 7) is 0. The van der Waals surface area contributed by atoms with Crippen molar-refractivity contribution < 1.29 is 0 Å². The maximum atomic E-state index is 8.30. The molecule has 0 heterocycles. The van der Waals surface area contributed by atoms with Crippen LogP contribution in [0.5, 0.6) is 0 Å². The summed E-state index contributed by atoms with van der Waals surface area (Å²) in [5, 5.41) is 11.4. The van der Waals surface area contributed by atoms with E-state index < -0.39 is 0 Å². The molecule has 0 amide bonds. The number of nitrogens with one attached hydrogen (secondary N) is 1. The molecule has 0 aromatic heterocycles. The van der Waals surface area contributed by atoms with Gasteiger partial charge in [0, 0.05) is 10.8 Å². The van der Waals surface area contributed by atoms with Crippen LogP contribution in [0.1, 0.15) is 5.56 Å². The molecule has 0 saturated carbocycles. The molecule has 1 aromatic rings. The Hall–Kier alpha value is -0.760. The summed E-state index contributed by atoms with van der Waals surface area (Å²) >= 11 is 12.2. The summed E-state index contributed by atoms with van der Waals surface area (Å²) in [6.07, 6.45) is 1.77. The molecule has 0 spiro atoms. The third kappa shape index (κ3) is 3.54. The fourth-order valence-corrected chi connectivity index (χ4v) is 2.00. The summed E-state index contributed by atoms with van der Waals surface area (Å²) < 4.78 is 0.465. The number of halogens is 1. The van der Waals surface area contributed by atoms with Gasteiger partial charge in [-0.05, 0) is 11.6 Å². The van der Waals surface area contributed by atoms with Gasteiger partial charge < -0.3 is 0 Å². The van der Waals surface area contributed by atoms with E-state index in [1.54, 1.807) is 6.19 Å². The fourth-order valence-electron chi connectivity index (χ4n) is 0.840. The number of thioether (sulfide) groups is 1. The second-order valence-corrected chi connectivity index (χ2v) is 4.46. The highest BCUT2D eigenvalue weighted by atomic mass is 35.5. The van der Waals surface area contributed by atoms with E-state index in [9.17, 15) is 0 Å². The summed E-state index contributed by atoms with van der Waals surface area (Å²) in [5.41, 5.74) is 1.02. The van der Waals surface area contributed by atoms with Gasteiger partial charge in [0.2, 0.25) is 0 Å². The minimum absolute atomic E-state index is 0.465. The van der Waals surface area contributed by atoms with Gasteiger partial charge in [0.05, 0.1) is 0 Å². The van der Waals surface area contributed by atoms with Crippen molar-refractivity contribution in [1.82, 2.24) is 5.32 Å². The molecule has 0 unspecified atom stereocenters. The second-order valence-electron chi connectivity index (χ2n) is 2.40. The molecule has 5 heteroatoms. The average molecular weight is 243 g/mol. The molecule has 2 nitrogen and oxygen atoms in total. The Bertz CT molecular complexity index is 373. The molecular formula is C9H7ClN2S2. The molecule has 0 radical (unpaired) electrons.